The first-order valence-electron chi connectivity index (χ1n) is 6.39. The lowest BCUT2D eigenvalue weighted by Gasteiger charge is -2.42. The molecule has 0 radical (unpaired) electrons. The molecular formula is C12H24N2O. The predicted molar refractivity (Wildman–Crippen MR) is 61.8 cm³/mol. The second-order valence-electron chi connectivity index (χ2n) is 5.05. The van der Waals surface area contributed by atoms with Crippen LogP contribution in [0.15, 0.2) is 0 Å². The van der Waals surface area contributed by atoms with Gasteiger partial charge in [0.2, 0.25) is 0 Å². The van der Waals surface area contributed by atoms with E-state index in [4.69, 9.17) is 10.5 Å². The summed E-state index contributed by atoms with van der Waals surface area (Å²) in [5.74, 6) is 0. The minimum Gasteiger partial charge on any atom is -0.371 e. The van der Waals surface area contributed by atoms with Crippen LogP contribution in [0.4, 0.5) is 0 Å². The average Bonchev–Trinajstić information content (AvgIpc) is 2.29. The van der Waals surface area contributed by atoms with Crippen molar-refractivity contribution in [1.29, 1.82) is 0 Å². The number of nitrogens with two attached hydrogens (primary N) is 1. The Labute approximate surface area is 93.0 Å². The van der Waals surface area contributed by atoms with Gasteiger partial charge < -0.3 is 10.5 Å². The van der Waals surface area contributed by atoms with E-state index < -0.39 is 0 Å². The van der Waals surface area contributed by atoms with E-state index in [-0.39, 0.29) is 6.10 Å². The molecule has 3 nitrogen and oxygen atoms in total. The highest BCUT2D eigenvalue weighted by Gasteiger charge is 2.29. The second-order valence-corrected chi connectivity index (χ2v) is 5.05. The average molecular weight is 212 g/mol. The fraction of sp³-hybridized carbons (Fsp3) is 1.00. The normalized spacial score (nSPS) is 35.6. The Balaban J connectivity index is 1.89. The topological polar surface area (TPSA) is 38.5 Å². The van der Waals surface area contributed by atoms with Crippen molar-refractivity contribution in [2.75, 3.05) is 19.6 Å². The number of ether oxygens (including phenoxy) is 1. The molecule has 2 N–H and O–H groups in total. The third-order valence-corrected chi connectivity index (χ3v) is 3.71. The monoisotopic (exact) mass is 212 g/mol. The van der Waals surface area contributed by atoms with Crippen molar-refractivity contribution < 1.29 is 4.74 Å². The molecule has 0 amide bonds. The maximum Gasteiger partial charge on any atom is 0.0828 e. The van der Waals surface area contributed by atoms with E-state index in [1.807, 2.05) is 0 Å². The molecule has 0 spiro atoms. The van der Waals surface area contributed by atoms with E-state index in [0.717, 1.165) is 19.1 Å². The summed E-state index contributed by atoms with van der Waals surface area (Å²) >= 11 is 0. The third kappa shape index (κ3) is 2.92. The van der Waals surface area contributed by atoms with Crippen LogP contribution >= 0.6 is 0 Å². The molecule has 1 saturated heterocycles. The van der Waals surface area contributed by atoms with Crippen molar-refractivity contribution in [3.63, 3.8) is 0 Å². The van der Waals surface area contributed by atoms with Crippen LogP contribution in [0.3, 0.4) is 0 Å². The number of hydrogen-bond donors (Lipinski definition) is 1. The molecule has 1 aliphatic carbocycles. The highest BCUT2D eigenvalue weighted by molar-refractivity contribution is 4.83. The first kappa shape index (κ1) is 11.4. The van der Waals surface area contributed by atoms with Crippen molar-refractivity contribution in [3.05, 3.63) is 0 Å². The molecular weight excluding hydrogens is 188 g/mol. The van der Waals surface area contributed by atoms with Gasteiger partial charge in [-0.1, -0.05) is 19.3 Å². The Hall–Kier alpha value is -0.120. The summed E-state index contributed by atoms with van der Waals surface area (Å²) in [4.78, 5) is 2.62. The van der Waals surface area contributed by atoms with Gasteiger partial charge in [-0.15, -0.1) is 0 Å². The van der Waals surface area contributed by atoms with Crippen LogP contribution in [0.1, 0.15) is 39.0 Å². The van der Waals surface area contributed by atoms with Crippen molar-refractivity contribution in [3.8, 4) is 0 Å². The molecule has 2 atom stereocenters. The fourth-order valence-corrected chi connectivity index (χ4v) is 2.96. The molecule has 0 aromatic heterocycles. The Kier molecular flexibility index (Phi) is 4.00. The number of morpholine rings is 1. The molecule has 1 heterocycles. The molecule has 1 saturated carbocycles. The largest absolute Gasteiger partial charge is 0.371 e. The summed E-state index contributed by atoms with van der Waals surface area (Å²) in [6, 6.07) is 0.805. The number of nitrogens with zero attached hydrogens (tertiary/aromatic N) is 1. The summed E-state index contributed by atoms with van der Waals surface area (Å²) in [6.45, 7) is 4.97. The zero-order chi connectivity index (χ0) is 10.7. The Morgan fingerprint density at radius 2 is 1.93 bits per heavy atom. The summed E-state index contributed by atoms with van der Waals surface area (Å²) in [7, 11) is 0. The zero-order valence-electron chi connectivity index (χ0n) is 9.82. The van der Waals surface area contributed by atoms with Gasteiger partial charge in [-0.2, -0.15) is 0 Å². The summed E-state index contributed by atoms with van der Waals surface area (Å²) < 4.78 is 5.79. The zero-order valence-corrected chi connectivity index (χ0v) is 9.82. The van der Waals surface area contributed by atoms with Crippen LogP contribution in [-0.2, 0) is 4.74 Å². The lowest BCUT2D eigenvalue weighted by molar-refractivity contribution is -0.0875. The van der Waals surface area contributed by atoms with E-state index in [1.165, 1.54) is 32.1 Å². The Morgan fingerprint density at radius 3 is 2.60 bits per heavy atom. The van der Waals surface area contributed by atoms with E-state index in [2.05, 4.69) is 11.8 Å². The van der Waals surface area contributed by atoms with Crippen molar-refractivity contribution >= 4 is 0 Å². The quantitative estimate of drug-likeness (QED) is 0.751. The van der Waals surface area contributed by atoms with Gasteiger partial charge in [-0.25, -0.2) is 0 Å². The molecule has 2 rings (SSSR count). The number of hydrogen-bond acceptors (Lipinski definition) is 3. The molecule has 1 aliphatic heterocycles. The van der Waals surface area contributed by atoms with Crippen LogP contribution in [0, 0.1) is 0 Å². The van der Waals surface area contributed by atoms with Crippen LogP contribution in [0.2, 0.25) is 0 Å². The van der Waals surface area contributed by atoms with Crippen LogP contribution in [0.25, 0.3) is 0 Å². The van der Waals surface area contributed by atoms with Crippen molar-refractivity contribution in [2.24, 2.45) is 5.73 Å². The first-order valence-corrected chi connectivity index (χ1v) is 6.39. The standard InChI is InChI=1S/C12H24N2O/c1-10-8-14(9-12(7-13)15-10)11-5-3-2-4-6-11/h10-12H,2-9,13H2,1H3. The second kappa shape index (κ2) is 5.28. The van der Waals surface area contributed by atoms with Gasteiger partial charge >= 0.3 is 0 Å². The maximum absolute atomic E-state index is 5.79. The highest BCUT2D eigenvalue weighted by Crippen LogP contribution is 2.25. The predicted octanol–water partition coefficient (Wildman–Crippen LogP) is 1.37. The minimum absolute atomic E-state index is 0.260. The molecule has 88 valence electrons. The van der Waals surface area contributed by atoms with Gasteiger partial charge in [-0.3, -0.25) is 4.90 Å². The first-order chi connectivity index (χ1) is 7.29. The van der Waals surface area contributed by atoms with E-state index in [0.29, 0.717) is 12.6 Å². The lowest BCUT2D eigenvalue weighted by atomic mass is 9.93. The van der Waals surface area contributed by atoms with Gasteiger partial charge in [0.25, 0.3) is 0 Å². The molecule has 0 bridgehead atoms. The number of rotatable bonds is 2. The van der Waals surface area contributed by atoms with Crippen LogP contribution in [0.5, 0.6) is 0 Å². The Bertz CT molecular complexity index is 192. The molecule has 2 fully saturated rings. The van der Waals surface area contributed by atoms with E-state index in [9.17, 15) is 0 Å². The van der Waals surface area contributed by atoms with E-state index >= 15 is 0 Å². The van der Waals surface area contributed by atoms with Crippen molar-refractivity contribution in [2.45, 2.75) is 57.3 Å². The van der Waals surface area contributed by atoms with Gasteiger partial charge in [-0.05, 0) is 19.8 Å². The van der Waals surface area contributed by atoms with Crippen LogP contribution < -0.4 is 5.73 Å². The summed E-state index contributed by atoms with van der Waals surface area (Å²) in [5.41, 5.74) is 5.71. The lowest BCUT2D eigenvalue weighted by Crippen LogP contribution is -2.53. The minimum atomic E-state index is 0.260. The molecule has 2 aliphatic rings. The fourth-order valence-electron chi connectivity index (χ4n) is 2.96. The third-order valence-electron chi connectivity index (χ3n) is 3.71. The molecule has 2 unspecified atom stereocenters. The Morgan fingerprint density at radius 1 is 1.20 bits per heavy atom. The van der Waals surface area contributed by atoms with E-state index in [1.54, 1.807) is 0 Å². The molecule has 3 heteroatoms. The van der Waals surface area contributed by atoms with Gasteiger partial charge in [0.15, 0.2) is 0 Å². The van der Waals surface area contributed by atoms with Gasteiger partial charge in [0.1, 0.15) is 0 Å². The van der Waals surface area contributed by atoms with Crippen molar-refractivity contribution in [1.82, 2.24) is 4.90 Å². The highest BCUT2D eigenvalue weighted by atomic mass is 16.5. The smallest absolute Gasteiger partial charge is 0.0828 e. The van der Waals surface area contributed by atoms with Gasteiger partial charge in [0, 0.05) is 25.7 Å². The van der Waals surface area contributed by atoms with Crippen LogP contribution in [-0.4, -0.2) is 42.8 Å². The molecule has 15 heavy (non-hydrogen) atoms. The summed E-state index contributed by atoms with van der Waals surface area (Å²) in [5, 5.41) is 0. The molecule has 0 aromatic carbocycles. The summed E-state index contributed by atoms with van der Waals surface area (Å²) in [6.07, 6.45) is 7.61. The maximum atomic E-state index is 5.79. The van der Waals surface area contributed by atoms with Gasteiger partial charge in [0.05, 0.1) is 12.2 Å². The SMILES string of the molecule is CC1CN(C2CCCCC2)CC(CN)O1. The molecule has 0 aromatic rings.